The first-order valence-electron chi connectivity index (χ1n) is 5.45. The number of rotatable bonds is 7. The fourth-order valence-electron chi connectivity index (χ4n) is 1.34. The normalized spacial score (nSPS) is 11.2. The predicted molar refractivity (Wildman–Crippen MR) is 61.0 cm³/mol. The second-order valence-corrected chi connectivity index (χ2v) is 3.99. The molecule has 0 bridgehead atoms. The maximum atomic E-state index is 5.39. The Balaban J connectivity index is 2.29. The molecule has 1 heterocycles. The third-order valence-electron chi connectivity index (χ3n) is 2.23. The average Bonchev–Trinajstić information content (AvgIpc) is 2.63. The zero-order valence-corrected chi connectivity index (χ0v) is 9.92. The molecule has 15 heavy (non-hydrogen) atoms. The molecular formula is C11H21N3O. The van der Waals surface area contributed by atoms with Gasteiger partial charge in [-0.25, -0.2) is 4.98 Å². The van der Waals surface area contributed by atoms with E-state index in [4.69, 9.17) is 4.42 Å². The van der Waals surface area contributed by atoms with Gasteiger partial charge in [-0.15, -0.1) is 0 Å². The molecular weight excluding hydrogens is 190 g/mol. The molecule has 0 saturated carbocycles. The average molecular weight is 211 g/mol. The Kier molecular flexibility index (Phi) is 5.36. The number of likely N-dealkylation sites (N-methyl/N-ethyl adjacent to an activating group) is 1. The first-order chi connectivity index (χ1) is 7.22. The maximum Gasteiger partial charge on any atom is 0.195 e. The van der Waals surface area contributed by atoms with E-state index in [2.05, 4.69) is 29.3 Å². The summed E-state index contributed by atoms with van der Waals surface area (Å²) in [5, 5.41) is 3.12. The van der Waals surface area contributed by atoms with Gasteiger partial charge in [0, 0.05) is 13.0 Å². The third-order valence-corrected chi connectivity index (χ3v) is 2.23. The highest BCUT2D eigenvalue weighted by atomic mass is 16.3. The summed E-state index contributed by atoms with van der Waals surface area (Å²) in [5.41, 5.74) is 1.07. The van der Waals surface area contributed by atoms with Crippen LogP contribution < -0.4 is 5.32 Å². The largest absolute Gasteiger partial charge is 0.449 e. The van der Waals surface area contributed by atoms with Crippen molar-refractivity contribution in [3.05, 3.63) is 17.8 Å². The van der Waals surface area contributed by atoms with Crippen molar-refractivity contribution in [1.82, 2.24) is 15.2 Å². The zero-order valence-electron chi connectivity index (χ0n) is 9.92. The van der Waals surface area contributed by atoms with Crippen molar-refractivity contribution in [3.63, 3.8) is 0 Å². The van der Waals surface area contributed by atoms with Gasteiger partial charge in [0.15, 0.2) is 5.89 Å². The molecule has 0 aliphatic rings. The number of aryl methyl sites for hydroxylation is 1. The summed E-state index contributed by atoms with van der Waals surface area (Å²) in [5.74, 6) is 0.850. The molecule has 86 valence electrons. The van der Waals surface area contributed by atoms with Crippen LogP contribution in [0.15, 0.2) is 10.7 Å². The minimum atomic E-state index is 0.850. The molecule has 1 N–H and O–H groups in total. The van der Waals surface area contributed by atoms with E-state index in [1.54, 1.807) is 6.26 Å². The summed E-state index contributed by atoms with van der Waals surface area (Å²) in [6.07, 6.45) is 4.77. The second-order valence-electron chi connectivity index (χ2n) is 3.99. The first kappa shape index (κ1) is 12.2. The van der Waals surface area contributed by atoms with Crippen molar-refractivity contribution >= 4 is 0 Å². The Labute approximate surface area is 91.7 Å². The highest BCUT2D eigenvalue weighted by Gasteiger charge is 2.03. The van der Waals surface area contributed by atoms with Crippen molar-refractivity contribution in [3.8, 4) is 0 Å². The Morgan fingerprint density at radius 2 is 2.20 bits per heavy atom. The molecule has 0 aliphatic heterocycles. The van der Waals surface area contributed by atoms with Gasteiger partial charge >= 0.3 is 0 Å². The standard InChI is InChI=1S/C11H21N3O/c1-12-7-4-5-10-9-15-11(13-10)6-8-14(2)3/h9,12H,4-8H2,1-3H3. The molecule has 1 aromatic rings. The molecule has 0 aliphatic carbocycles. The lowest BCUT2D eigenvalue weighted by Crippen LogP contribution is -2.15. The summed E-state index contributed by atoms with van der Waals surface area (Å²) in [6, 6.07) is 0. The summed E-state index contributed by atoms with van der Waals surface area (Å²) >= 11 is 0. The molecule has 0 spiro atoms. The van der Waals surface area contributed by atoms with Gasteiger partial charge in [-0.2, -0.15) is 0 Å². The van der Waals surface area contributed by atoms with Gasteiger partial charge in [0.2, 0.25) is 0 Å². The SMILES string of the molecule is CNCCCc1coc(CCN(C)C)n1. The fourth-order valence-corrected chi connectivity index (χ4v) is 1.34. The lowest BCUT2D eigenvalue weighted by atomic mass is 10.2. The Morgan fingerprint density at radius 3 is 2.87 bits per heavy atom. The lowest BCUT2D eigenvalue weighted by molar-refractivity contribution is 0.384. The van der Waals surface area contributed by atoms with Gasteiger partial charge in [0.25, 0.3) is 0 Å². The van der Waals surface area contributed by atoms with E-state index >= 15 is 0 Å². The van der Waals surface area contributed by atoms with Crippen LogP contribution in [-0.4, -0.2) is 44.1 Å². The summed E-state index contributed by atoms with van der Waals surface area (Å²) in [4.78, 5) is 6.56. The molecule has 1 rings (SSSR count). The molecule has 0 amide bonds. The monoisotopic (exact) mass is 211 g/mol. The number of oxazole rings is 1. The van der Waals surface area contributed by atoms with E-state index in [1.165, 1.54) is 0 Å². The highest BCUT2D eigenvalue weighted by molar-refractivity contribution is 4.97. The summed E-state index contributed by atoms with van der Waals surface area (Å²) in [7, 11) is 6.07. The van der Waals surface area contributed by atoms with Crippen molar-refractivity contribution in [2.24, 2.45) is 0 Å². The smallest absolute Gasteiger partial charge is 0.195 e. The molecule has 1 aromatic heterocycles. The minimum Gasteiger partial charge on any atom is -0.449 e. The first-order valence-corrected chi connectivity index (χ1v) is 5.45. The molecule has 0 atom stereocenters. The maximum absolute atomic E-state index is 5.39. The Hall–Kier alpha value is -0.870. The van der Waals surface area contributed by atoms with Crippen molar-refractivity contribution in [2.75, 3.05) is 34.2 Å². The van der Waals surface area contributed by atoms with Crippen LogP contribution in [0.2, 0.25) is 0 Å². The predicted octanol–water partition coefficient (Wildman–Crippen LogP) is 0.931. The molecule has 4 heteroatoms. The minimum absolute atomic E-state index is 0.850. The topological polar surface area (TPSA) is 41.3 Å². The van der Waals surface area contributed by atoms with E-state index in [-0.39, 0.29) is 0 Å². The quantitative estimate of drug-likeness (QED) is 0.681. The van der Waals surface area contributed by atoms with E-state index in [9.17, 15) is 0 Å². The van der Waals surface area contributed by atoms with E-state index in [1.807, 2.05) is 7.05 Å². The number of nitrogens with zero attached hydrogens (tertiary/aromatic N) is 2. The van der Waals surface area contributed by atoms with Crippen molar-refractivity contribution in [2.45, 2.75) is 19.3 Å². The van der Waals surface area contributed by atoms with E-state index in [0.717, 1.165) is 43.9 Å². The fraction of sp³-hybridized carbons (Fsp3) is 0.727. The van der Waals surface area contributed by atoms with Crippen LogP contribution in [0.1, 0.15) is 18.0 Å². The van der Waals surface area contributed by atoms with Crippen molar-refractivity contribution in [1.29, 1.82) is 0 Å². The molecule has 0 aromatic carbocycles. The Morgan fingerprint density at radius 1 is 1.40 bits per heavy atom. The van der Waals surface area contributed by atoms with Gasteiger partial charge in [-0.3, -0.25) is 0 Å². The van der Waals surface area contributed by atoms with Crippen LogP contribution in [0.5, 0.6) is 0 Å². The van der Waals surface area contributed by atoms with Gasteiger partial charge < -0.3 is 14.6 Å². The van der Waals surface area contributed by atoms with Gasteiger partial charge in [-0.05, 0) is 40.5 Å². The number of hydrogen-bond acceptors (Lipinski definition) is 4. The van der Waals surface area contributed by atoms with Gasteiger partial charge in [0.1, 0.15) is 6.26 Å². The van der Waals surface area contributed by atoms with Crippen LogP contribution in [0.3, 0.4) is 0 Å². The number of hydrogen-bond donors (Lipinski definition) is 1. The zero-order chi connectivity index (χ0) is 11.1. The number of aromatic nitrogens is 1. The van der Waals surface area contributed by atoms with Gasteiger partial charge in [-0.1, -0.05) is 0 Å². The molecule has 4 nitrogen and oxygen atoms in total. The van der Waals surface area contributed by atoms with Crippen LogP contribution >= 0.6 is 0 Å². The number of nitrogens with one attached hydrogen (secondary N) is 1. The van der Waals surface area contributed by atoms with Crippen LogP contribution in [0.25, 0.3) is 0 Å². The Bertz CT molecular complexity index is 271. The third kappa shape index (κ3) is 4.95. The van der Waals surface area contributed by atoms with Crippen LogP contribution in [0, 0.1) is 0 Å². The van der Waals surface area contributed by atoms with E-state index in [0.29, 0.717) is 0 Å². The van der Waals surface area contributed by atoms with Gasteiger partial charge in [0.05, 0.1) is 5.69 Å². The molecule has 0 radical (unpaired) electrons. The van der Waals surface area contributed by atoms with Crippen molar-refractivity contribution < 1.29 is 4.42 Å². The summed E-state index contributed by atoms with van der Waals surface area (Å²) in [6.45, 7) is 2.01. The van der Waals surface area contributed by atoms with Crippen LogP contribution in [0.4, 0.5) is 0 Å². The lowest BCUT2D eigenvalue weighted by Gasteiger charge is -2.05. The molecule has 0 saturated heterocycles. The second kappa shape index (κ2) is 6.58. The highest BCUT2D eigenvalue weighted by Crippen LogP contribution is 2.05. The molecule has 0 unspecified atom stereocenters. The van der Waals surface area contributed by atoms with E-state index < -0.39 is 0 Å². The molecule has 0 fully saturated rings. The van der Waals surface area contributed by atoms with Crippen LogP contribution in [-0.2, 0) is 12.8 Å². The summed E-state index contributed by atoms with van der Waals surface area (Å²) < 4.78 is 5.39.